The number of pyridine rings is 1. The normalized spacial score (nSPS) is 27.0. The molecule has 3 aliphatic rings. The van der Waals surface area contributed by atoms with Crippen molar-refractivity contribution in [1.82, 2.24) is 9.88 Å². The van der Waals surface area contributed by atoms with Crippen molar-refractivity contribution in [2.24, 2.45) is 5.92 Å². The molecule has 0 unspecified atom stereocenters. The molecule has 2 aromatic carbocycles. The SMILES string of the molecule is O=C(c1cccnc1)[C@H]1[C@@H](c2cccc([N+](=O)[O-])c2)[C@@H]2CSCN2[C@@]12C(=O)Nc1ccc(F)cc12. The number of fused-ring (bicyclic) bond motifs is 4. The van der Waals surface area contributed by atoms with Crippen LogP contribution in [0.3, 0.4) is 0 Å². The van der Waals surface area contributed by atoms with E-state index in [1.54, 1.807) is 42.2 Å². The fourth-order valence-electron chi connectivity index (χ4n) is 5.95. The summed E-state index contributed by atoms with van der Waals surface area (Å²) >= 11 is 1.62. The van der Waals surface area contributed by atoms with Crippen molar-refractivity contribution in [2.45, 2.75) is 17.5 Å². The molecule has 8 nitrogen and oxygen atoms in total. The van der Waals surface area contributed by atoms with E-state index in [1.165, 1.54) is 36.5 Å². The molecule has 4 atom stereocenters. The van der Waals surface area contributed by atoms with Crippen molar-refractivity contribution in [3.05, 3.63) is 99.6 Å². The fourth-order valence-corrected chi connectivity index (χ4v) is 7.28. The fraction of sp³-hybridized carbons (Fsp3) is 0.240. The zero-order chi connectivity index (χ0) is 24.3. The molecule has 10 heteroatoms. The molecule has 1 spiro atoms. The van der Waals surface area contributed by atoms with Gasteiger partial charge in [-0.25, -0.2) is 4.39 Å². The van der Waals surface area contributed by atoms with Crippen LogP contribution in [-0.4, -0.2) is 44.2 Å². The van der Waals surface area contributed by atoms with Gasteiger partial charge >= 0.3 is 0 Å². The molecule has 2 saturated heterocycles. The summed E-state index contributed by atoms with van der Waals surface area (Å²) in [6.45, 7) is 0. The smallest absolute Gasteiger partial charge is 0.269 e. The predicted molar refractivity (Wildman–Crippen MR) is 128 cm³/mol. The Morgan fingerprint density at radius 1 is 1.23 bits per heavy atom. The number of halogens is 1. The van der Waals surface area contributed by atoms with Crippen LogP contribution in [0, 0.1) is 21.8 Å². The lowest BCUT2D eigenvalue weighted by atomic mass is 9.69. The van der Waals surface area contributed by atoms with Gasteiger partial charge in [0.05, 0.1) is 10.8 Å². The van der Waals surface area contributed by atoms with Crippen LogP contribution in [-0.2, 0) is 10.3 Å². The Morgan fingerprint density at radius 3 is 2.86 bits per heavy atom. The molecule has 0 saturated carbocycles. The maximum absolute atomic E-state index is 14.5. The van der Waals surface area contributed by atoms with Gasteiger partial charge in [0.15, 0.2) is 5.78 Å². The summed E-state index contributed by atoms with van der Waals surface area (Å²) in [5.41, 5.74) is 0.289. The van der Waals surface area contributed by atoms with Crippen LogP contribution in [0.25, 0.3) is 0 Å². The lowest BCUT2D eigenvalue weighted by Crippen LogP contribution is -2.52. The molecule has 0 radical (unpaired) electrons. The predicted octanol–water partition coefficient (Wildman–Crippen LogP) is 3.95. The van der Waals surface area contributed by atoms with E-state index >= 15 is 0 Å². The number of nitrogens with one attached hydrogen (secondary N) is 1. The number of anilines is 1. The number of nitro groups is 1. The van der Waals surface area contributed by atoms with Gasteiger partial charge in [-0.1, -0.05) is 12.1 Å². The van der Waals surface area contributed by atoms with E-state index in [4.69, 9.17) is 0 Å². The second-order valence-electron chi connectivity index (χ2n) is 8.91. The molecule has 0 aliphatic carbocycles. The van der Waals surface area contributed by atoms with Crippen molar-refractivity contribution >= 4 is 34.8 Å². The number of amides is 1. The van der Waals surface area contributed by atoms with E-state index in [2.05, 4.69) is 10.3 Å². The van der Waals surface area contributed by atoms with Gasteiger partial charge in [0.1, 0.15) is 11.4 Å². The van der Waals surface area contributed by atoms with Crippen LogP contribution in [0.5, 0.6) is 0 Å². The standard InChI is InChI=1S/C25H19FN4O4S/c26-16-6-7-19-18(10-16)25(24(32)28-19)22(23(31)15-4-2-8-27-11-15)21(20-12-35-13-29(20)25)14-3-1-5-17(9-14)30(33)34/h1-11,20-22H,12-13H2,(H,28,32)/t20-,21-,22+,25+/m0/s1. The second-order valence-corrected chi connectivity index (χ2v) is 9.91. The van der Waals surface area contributed by atoms with Gasteiger partial charge in [-0.05, 0) is 35.9 Å². The Labute approximate surface area is 203 Å². The highest BCUT2D eigenvalue weighted by molar-refractivity contribution is 7.99. The highest BCUT2D eigenvalue weighted by Gasteiger charge is 2.69. The van der Waals surface area contributed by atoms with Crippen LogP contribution in [0.1, 0.15) is 27.4 Å². The van der Waals surface area contributed by atoms with Gasteiger partial charge < -0.3 is 5.32 Å². The molecule has 35 heavy (non-hydrogen) atoms. The Kier molecular flexibility index (Phi) is 4.97. The summed E-state index contributed by atoms with van der Waals surface area (Å²) in [7, 11) is 0. The number of rotatable bonds is 4. The van der Waals surface area contributed by atoms with Crippen molar-refractivity contribution < 1.29 is 18.9 Å². The van der Waals surface area contributed by atoms with Crippen LogP contribution in [0.2, 0.25) is 0 Å². The van der Waals surface area contributed by atoms with Crippen molar-refractivity contribution in [1.29, 1.82) is 0 Å². The Bertz CT molecular complexity index is 1390. The highest BCUT2D eigenvalue weighted by Crippen LogP contribution is 2.61. The van der Waals surface area contributed by atoms with Gasteiger partial charge in [-0.3, -0.25) is 29.6 Å². The first-order chi connectivity index (χ1) is 16.9. The Morgan fingerprint density at radius 2 is 2.09 bits per heavy atom. The maximum atomic E-state index is 14.5. The van der Waals surface area contributed by atoms with Gasteiger partial charge in [-0.15, -0.1) is 11.8 Å². The number of hydrogen-bond acceptors (Lipinski definition) is 7. The summed E-state index contributed by atoms with van der Waals surface area (Å²) in [6, 6.07) is 13.4. The summed E-state index contributed by atoms with van der Waals surface area (Å²) in [6.07, 6.45) is 3.01. The minimum atomic E-state index is -1.45. The molecule has 2 fully saturated rings. The summed E-state index contributed by atoms with van der Waals surface area (Å²) < 4.78 is 14.5. The molecule has 1 N–H and O–H groups in total. The van der Waals surface area contributed by atoms with E-state index in [1.807, 2.05) is 4.90 Å². The number of carbonyl (C=O) groups is 2. The van der Waals surface area contributed by atoms with Crippen LogP contribution in [0.4, 0.5) is 15.8 Å². The van der Waals surface area contributed by atoms with Gasteiger partial charge in [-0.2, -0.15) is 0 Å². The Balaban J connectivity index is 1.63. The quantitative estimate of drug-likeness (QED) is 0.335. The molecular weight excluding hydrogens is 471 g/mol. The third-order valence-electron chi connectivity index (χ3n) is 7.28. The molecule has 176 valence electrons. The number of nitro benzene ring substituents is 1. The van der Waals surface area contributed by atoms with E-state index in [-0.39, 0.29) is 23.4 Å². The minimum absolute atomic E-state index is 0.0875. The van der Waals surface area contributed by atoms with Gasteiger partial charge in [0.25, 0.3) is 5.69 Å². The number of carbonyl (C=O) groups excluding carboxylic acids is 2. The first-order valence-electron chi connectivity index (χ1n) is 11.1. The lowest BCUT2D eigenvalue weighted by Gasteiger charge is -2.36. The number of nitrogens with zero attached hydrogens (tertiary/aromatic N) is 3. The van der Waals surface area contributed by atoms with E-state index < -0.39 is 28.1 Å². The van der Waals surface area contributed by atoms with Crippen LogP contribution < -0.4 is 5.32 Å². The van der Waals surface area contributed by atoms with Crippen molar-refractivity contribution in [2.75, 3.05) is 16.9 Å². The van der Waals surface area contributed by atoms with E-state index in [0.29, 0.717) is 34.0 Å². The van der Waals surface area contributed by atoms with Gasteiger partial charge in [0, 0.05) is 64.9 Å². The summed E-state index contributed by atoms with van der Waals surface area (Å²) in [5.74, 6) is -1.57. The average molecular weight is 491 g/mol. The number of ketones is 1. The number of hydrogen-bond donors (Lipinski definition) is 1. The monoisotopic (exact) mass is 490 g/mol. The topological polar surface area (TPSA) is 105 Å². The third-order valence-corrected chi connectivity index (χ3v) is 8.32. The van der Waals surface area contributed by atoms with Crippen molar-refractivity contribution in [3.63, 3.8) is 0 Å². The molecule has 3 aliphatic heterocycles. The highest BCUT2D eigenvalue weighted by atomic mass is 32.2. The molecule has 0 bridgehead atoms. The van der Waals surface area contributed by atoms with Crippen LogP contribution >= 0.6 is 11.8 Å². The zero-order valence-corrected chi connectivity index (χ0v) is 19.1. The van der Waals surface area contributed by atoms with E-state index in [0.717, 1.165) is 0 Å². The number of thioether (sulfide) groups is 1. The maximum Gasteiger partial charge on any atom is 0.269 e. The average Bonchev–Trinajstić information content (AvgIpc) is 3.52. The van der Waals surface area contributed by atoms with Gasteiger partial charge in [0.2, 0.25) is 5.91 Å². The summed E-state index contributed by atoms with van der Waals surface area (Å²) in [5, 5.41) is 14.4. The Hall–Kier alpha value is -3.63. The first-order valence-corrected chi connectivity index (χ1v) is 12.2. The number of benzene rings is 2. The third kappa shape index (κ3) is 3.06. The molecular formula is C25H19FN4O4S. The lowest BCUT2D eigenvalue weighted by molar-refractivity contribution is -0.384. The molecule has 3 aromatic rings. The largest absolute Gasteiger partial charge is 0.324 e. The first kappa shape index (κ1) is 21.9. The molecule has 1 amide bonds. The van der Waals surface area contributed by atoms with E-state index in [9.17, 15) is 24.1 Å². The minimum Gasteiger partial charge on any atom is -0.324 e. The molecule has 1 aromatic heterocycles. The number of Topliss-reactive ketones (excluding diaryl/α,β-unsaturated/α-hetero) is 1. The molecule has 4 heterocycles. The van der Waals surface area contributed by atoms with Crippen molar-refractivity contribution in [3.8, 4) is 0 Å². The van der Waals surface area contributed by atoms with Crippen LogP contribution in [0.15, 0.2) is 67.0 Å². The number of non-ortho nitro benzene ring substituents is 1. The second kappa shape index (κ2) is 7.96. The number of aromatic nitrogens is 1. The summed E-state index contributed by atoms with van der Waals surface area (Å²) in [4.78, 5) is 45.2. The molecule has 6 rings (SSSR count). The zero-order valence-electron chi connectivity index (χ0n) is 18.3.